The lowest BCUT2D eigenvalue weighted by Gasteiger charge is -2.01. The van der Waals surface area contributed by atoms with E-state index in [1.54, 1.807) is 6.08 Å². The molecule has 6 nitrogen and oxygen atoms in total. The average Bonchev–Trinajstić information content (AvgIpc) is 2.88. The number of rotatable bonds is 4. The molecular weight excluding hydrogens is 270 g/mol. The summed E-state index contributed by atoms with van der Waals surface area (Å²) in [6.45, 7) is 4.01. The number of carbonyl (C=O) groups excluding carboxylic acids is 2. The lowest BCUT2D eigenvalue weighted by atomic mass is 10.1. The van der Waals surface area contributed by atoms with Gasteiger partial charge < -0.3 is 15.5 Å². The van der Waals surface area contributed by atoms with Crippen LogP contribution in [0, 0.1) is 13.8 Å². The summed E-state index contributed by atoms with van der Waals surface area (Å²) < 4.78 is 4.95. The zero-order valence-corrected chi connectivity index (χ0v) is 11.7. The number of primary amides is 1. The number of imidazole rings is 1. The van der Waals surface area contributed by atoms with E-state index < -0.39 is 11.9 Å². The van der Waals surface area contributed by atoms with Gasteiger partial charge in [0.2, 0.25) is 0 Å². The van der Waals surface area contributed by atoms with Crippen LogP contribution in [0.15, 0.2) is 30.6 Å². The van der Waals surface area contributed by atoms with Crippen molar-refractivity contribution in [2.75, 3.05) is 0 Å². The van der Waals surface area contributed by atoms with Crippen LogP contribution in [0.5, 0.6) is 5.88 Å². The van der Waals surface area contributed by atoms with Gasteiger partial charge in [0.25, 0.3) is 11.8 Å². The maximum atomic E-state index is 11.7. The quantitative estimate of drug-likeness (QED) is 0.660. The van der Waals surface area contributed by atoms with Crippen LogP contribution in [-0.2, 0) is 4.79 Å². The van der Waals surface area contributed by atoms with Gasteiger partial charge >= 0.3 is 5.97 Å². The first-order valence-electron chi connectivity index (χ1n) is 6.27. The Labute approximate surface area is 121 Å². The van der Waals surface area contributed by atoms with Gasteiger partial charge in [0.05, 0.1) is 6.33 Å². The number of hydrogen-bond donors (Lipinski definition) is 2. The highest BCUT2D eigenvalue weighted by atomic mass is 16.5. The lowest BCUT2D eigenvalue weighted by Crippen LogP contribution is -2.14. The maximum absolute atomic E-state index is 11.7. The molecule has 2 rings (SSSR count). The first-order chi connectivity index (χ1) is 9.97. The third-order valence-corrected chi connectivity index (χ3v) is 2.99. The van der Waals surface area contributed by atoms with Crippen LogP contribution in [0.25, 0.3) is 6.08 Å². The fourth-order valence-electron chi connectivity index (χ4n) is 1.70. The number of nitrogens with zero attached hydrogens (tertiary/aromatic N) is 1. The summed E-state index contributed by atoms with van der Waals surface area (Å²) in [6.07, 6.45) is 4.13. The van der Waals surface area contributed by atoms with Crippen molar-refractivity contribution in [3.8, 4) is 5.88 Å². The van der Waals surface area contributed by atoms with Crippen molar-refractivity contribution in [1.82, 2.24) is 9.97 Å². The van der Waals surface area contributed by atoms with Crippen molar-refractivity contribution in [2.24, 2.45) is 5.73 Å². The Balaban J connectivity index is 2.07. The Kier molecular flexibility index (Phi) is 4.18. The second-order valence-electron chi connectivity index (χ2n) is 4.55. The summed E-state index contributed by atoms with van der Waals surface area (Å²) in [7, 11) is 0. The number of nitrogens with two attached hydrogens (primary N) is 1. The molecule has 0 saturated heterocycles. The van der Waals surface area contributed by atoms with Gasteiger partial charge in [-0.05, 0) is 36.6 Å². The summed E-state index contributed by atoms with van der Waals surface area (Å²) in [6, 6.07) is 5.83. The Morgan fingerprint density at radius 3 is 2.71 bits per heavy atom. The molecule has 108 valence electrons. The molecule has 0 bridgehead atoms. The number of amides is 1. The van der Waals surface area contributed by atoms with Crippen LogP contribution in [0.3, 0.4) is 0 Å². The average molecular weight is 285 g/mol. The molecule has 0 saturated carbocycles. The Morgan fingerprint density at radius 1 is 1.29 bits per heavy atom. The van der Waals surface area contributed by atoms with E-state index in [0.717, 1.165) is 11.1 Å². The maximum Gasteiger partial charge on any atom is 0.337 e. The van der Waals surface area contributed by atoms with E-state index in [1.807, 2.05) is 32.0 Å². The fraction of sp³-hybridized carbons (Fsp3) is 0.133. The minimum absolute atomic E-state index is 0.0390. The van der Waals surface area contributed by atoms with E-state index in [9.17, 15) is 9.59 Å². The van der Waals surface area contributed by atoms with Crippen LogP contribution in [0.2, 0.25) is 0 Å². The molecule has 2 aromatic rings. The summed E-state index contributed by atoms with van der Waals surface area (Å²) in [5, 5.41) is 0. The van der Waals surface area contributed by atoms with Crippen molar-refractivity contribution < 1.29 is 14.3 Å². The highest BCUT2D eigenvalue weighted by Gasteiger charge is 2.14. The van der Waals surface area contributed by atoms with Gasteiger partial charge in [-0.15, -0.1) is 0 Å². The summed E-state index contributed by atoms with van der Waals surface area (Å²) >= 11 is 0. The van der Waals surface area contributed by atoms with Crippen molar-refractivity contribution in [2.45, 2.75) is 13.8 Å². The van der Waals surface area contributed by atoms with Crippen LogP contribution in [0.4, 0.5) is 0 Å². The molecule has 1 aromatic heterocycles. The molecule has 0 fully saturated rings. The predicted octanol–water partition coefficient (Wildman–Crippen LogP) is 1.74. The second kappa shape index (κ2) is 6.04. The van der Waals surface area contributed by atoms with Gasteiger partial charge in [0, 0.05) is 6.08 Å². The van der Waals surface area contributed by atoms with Gasteiger partial charge in [-0.1, -0.05) is 18.2 Å². The number of esters is 1. The Hall–Kier alpha value is -2.89. The zero-order valence-electron chi connectivity index (χ0n) is 11.7. The molecule has 0 atom stereocenters. The molecule has 0 radical (unpaired) electrons. The SMILES string of the molecule is Cc1ccc(C=CC(=O)Oc2nc[nH]c2C(N)=O)cc1C. The summed E-state index contributed by atoms with van der Waals surface area (Å²) in [5.41, 5.74) is 8.27. The van der Waals surface area contributed by atoms with Crippen LogP contribution in [0.1, 0.15) is 27.2 Å². The molecular formula is C15H15N3O3. The smallest absolute Gasteiger partial charge is 0.337 e. The third kappa shape index (κ3) is 3.56. The third-order valence-electron chi connectivity index (χ3n) is 2.99. The minimum Gasteiger partial charge on any atom is -0.402 e. The monoisotopic (exact) mass is 285 g/mol. The highest BCUT2D eigenvalue weighted by molar-refractivity contribution is 5.95. The summed E-state index contributed by atoms with van der Waals surface area (Å²) in [4.78, 5) is 29.0. The van der Waals surface area contributed by atoms with Crippen molar-refractivity contribution in [3.05, 3.63) is 53.0 Å². The number of aromatic nitrogens is 2. The largest absolute Gasteiger partial charge is 0.402 e. The van der Waals surface area contributed by atoms with Gasteiger partial charge in [0.15, 0.2) is 5.69 Å². The van der Waals surface area contributed by atoms with Gasteiger partial charge in [-0.3, -0.25) is 4.79 Å². The Bertz CT molecular complexity index is 717. The van der Waals surface area contributed by atoms with Crippen molar-refractivity contribution in [1.29, 1.82) is 0 Å². The molecule has 21 heavy (non-hydrogen) atoms. The molecule has 0 unspecified atom stereocenters. The van der Waals surface area contributed by atoms with E-state index in [4.69, 9.17) is 10.5 Å². The summed E-state index contributed by atoms with van der Waals surface area (Å²) in [5.74, 6) is -1.51. The minimum atomic E-state index is -0.742. The number of aromatic amines is 1. The molecule has 1 heterocycles. The topological polar surface area (TPSA) is 98.1 Å². The number of ether oxygens (including phenoxy) is 1. The second-order valence-corrected chi connectivity index (χ2v) is 4.55. The van der Waals surface area contributed by atoms with E-state index in [2.05, 4.69) is 9.97 Å². The first kappa shape index (κ1) is 14.5. The van der Waals surface area contributed by atoms with Crippen LogP contribution in [-0.4, -0.2) is 21.8 Å². The van der Waals surface area contributed by atoms with Crippen LogP contribution < -0.4 is 10.5 Å². The molecule has 0 aliphatic rings. The predicted molar refractivity (Wildman–Crippen MR) is 77.7 cm³/mol. The first-order valence-corrected chi connectivity index (χ1v) is 6.27. The fourth-order valence-corrected chi connectivity index (χ4v) is 1.70. The molecule has 3 N–H and O–H groups in total. The molecule has 1 aromatic carbocycles. The molecule has 6 heteroatoms. The van der Waals surface area contributed by atoms with Crippen molar-refractivity contribution >= 4 is 18.0 Å². The number of H-pyrrole nitrogens is 1. The molecule has 0 aliphatic heterocycles. The van der Waals surface area contributed by atoms with Gasteiger partial charge in [-0.2, -0.15) is 0 Å². The number of carbonyl (C=O) groups is 2. The van der Waals surface area contributed by atoms with Gasteiger partial charge in [-0.25, -0.2) is 9.78 Å². The number of aryl methyl sites for hydroxylation is 2. The molecule has 1 amide bonds. The van der Waals surface area contributed by atoms with E-state index in [1.165, 1.54) is 18.0 Å². The lowest BCUT2D eigenvalue weighted by molar-refractivity contribution is -0.129. The molecule has 0 aliphatic carbocycles. The number of nitrogens with one attached hydrogen (secondary N) is 1. The van der Waals surface area contributed by atoms with E-state index >= 15 is 0 Å². The zero-order chi connectivity index (χ0) is 15.4. The standard InChI is InChI=1S/C15H15N3O3/c1-9-3-4-11(7-10(9)2)5-6-12(19)21-15-13(14(16)20)17-8-18-15/h3-8H,1-2H3,(H2,16,20)(H,17,18). The Morgan fingerprint density at radius 2 is 2.05 bits per heavy atom. The van der Waals surface area contributed by atoms with Crippen LogP contribution >= 0.6 is 0 Å². The number of hydrogen-bond acceptors (Lipinski definition) is 4. The van der Waals surface area contributed by atoms with Crippen molar-refractivity contribution in [3.63, 3.8) is 0 Å². The normalized spacial score (nSPS) is 10.8. The van der Waals surface area contributed by atoms with Gasteiger partial charge in [0.1, 0.15) is 0 Å². The van der Waals surface area contributed by atoms with E-state index in [-0.39, 0.29) is 11.6 Å². The highest BCUT2D eigenvalue weighted by Crippen LogP contribution is 2.13. The molecule has 0 spiro atoms. The van der Waals surface area contributed by atoms with E-state index in [0.29, 0.717) is 0 Å². The number of benzene rings is 1.